The number of carboxylic acids is 1. The third kappa shape index (κ3) is 6.98. The summed E-state index contributed by atoms with van der Waals surface area (Å²) in [4.78, 5) is 37.1. The van der Waals surface area contributed by atoms with Crippen LogP contribution < -0.4 is 10.6 Å². The van der Waals surface area contributed by atoms with Gasteiger partial charge in [0, 0.05) is 12.3 Å². The van der Waals surface area contributed by atoms with Crippen LogP contribution in [0.5, 0.6) is 0 Å². The van der Waals surface area contributed by atoms with Gasteiger partial charge in [0.1, 0.15) is 12.1 Å². The minimum atomic E-state index is -1.08. The fourth-order valence-corrected chi connectivity index (χ4v) is 3.68. The van der Waals surface area contributed by atoms with Crippen LogP contribution >= 0.6 is 0 Å². The molecule has 28 heavy (non-hydrogen) atoms. The zero-order chi connectivity index (χ0) is 20.5. The predicted octanol–water partition coefficient (Wildman–Crippen LogP) is 2.91. The zero-order valence-corrected chi connectivity index (χ0v) is 16.8. The van der Waals surface area contributed by atoms with Crippen molar-refractivity contribution in [2.75, 3.05) is 0 Å². The number of carbonyl (C=O) groups is 3. The highest BCUT2D eigenvalue weighted by Gasteiger charge is 2.29. The van der Waals surface area contributed by atoms with Gasteiger partial charge in [-0.25, -0.2) is 4.79 Å². The number of benzene rings is 1. The third-order valence-corrected chi connectivity index (χ3v) is 5.21. The molecule has 2 unspecified atom stereocenters. The van der Waals surface area contributed by atoms with E-state index in [0.29, 0.717) is 6.42 Å². The first-order valence-electron chi connectivity index (χ1n) is 10.2. The topological polar surface area (TPSA) is 95.5 Å². The van der Waals surface area contributed by atoms with Crippen molar-refractivity contribution in [3.8, 4) is 0 Å². The van der Waals surface area contributed by atoms with Gasteiger partial charge in [-0.3, -0.25) is 9.59 Å². The molecule has 1 aromatic rings. The highest BCUT2D eigenvalue weighted by atomic mass is 16.4. The summed E-state index contributed by atoms with van der Waals surface area (Å²) in [6, 6.07) is 7.45. The molecule has 0 spiro atoms. The Balaban J connectivity index is 2.02. The Bertz CT molecular complexity index is 654. The standard InChI is InChI=1S/C22H32N2O4/c1-15(2)13-18(23-20(25)17-11-7-4-8-12-17)21(26)24-19(22(27)28)14-16-9-5-3-6-10-16/h3,5-6,9-10,15,17-19H,4,7-8,11-14H2,1-2H3,(H,23,25)(H,24,26)(H,27,28). The van der Waals surface area contributed by atoms with E-state index in [2.05, 4.69) is 10.6 Å². The number of hydrogen-bond acceptors (Lipinski definition) is 3. The molecule has 3 N–H and O–H groups in total. The second-order valence-electron chi connectivity index (χ2n) is 8.11. The van der Waals surface area contributed by atoms with E-state index in [0.717, 1.165) is 37.7 Å². The van der Waals surface area contributed by atoms with Crippen LogP contribution in [0.15, 0.2) is 30.3 Å². The highest BCUT2D eigenvalue weighted by molar-refractivity contribution is 5.91. The lowest BCUT2D eigenvalue weighted by molar-refractivity contribution is -0.142. The van der Waals surface area contributed by atoms with Crippen molar-refractivity contribution < 1.29 is 19.5 Å². The second kappa shape index (κ2) is 10.8. The molecule has 1 aliphatic carbocycles. The van der Waals surface area contributed by atoms with E-state index in [1.807, 2.05) is 44.2 Å². The number of hydrogen-bond donors (Lipinski definition) is 3. The Kier molecular flexibility index (Phi) is 8.48. The largest absolute Gasteiger partial charge is 0.480 e. The third-order valence-electron chi connectivity index (χ3n) is 5.21. The Labute approximate surface area is 167 Å². The lowest BCUT2D eigenvalue weighted by Crippen LogP contribution is -2.53. The predicted molar refractivity (Wildman–Crippen MR) is 108 cm³/mol. The van der Waals surface area contributed by atoms with Crippen LogP contribution in [0.1, 0.15) is 57.9 Å². The molecule has 1 fully saturated rings. The van der Waals surface area contributed by atoms with Gasteiger partial charge >= 0.3 is 5.97 Å². The number of rotatable bonds is 9. The minimum absolute atomic E-state index is 0.0456. The molecule has 6 nitrogen and oxygen atoms in total. The van der Waals surface area contributed by atoms with Crippen LogP contribution in [0.2, 0.25) is 0 Å². The maximum atomic E-state index is 12.8. The first-order chi connectivity index (χ1) is 13.4. The molecule has 0 radical (unpaired) electrons. The zero-order valence-electron chi connectivity index (χ0n) is 16.8. The summed E-state index contributed by atoms with van der Waals surface area (Å²) in [5, 5.41) is 15.0. The van der Waals surface area contributed by atoms with E-state index in [4.69, 9.17) is 0 Å². The van der Waals surface area contributed by atoms with Crippen molar-refractivity contribution in [3.05, 3.63) is 35.9 Å². The molecular weight excluding hydrogens is 356 g/mol. The molecule has 1 saturated carbocycles. The van der Waals surface area contributed by atoms with Crippen molar-refractivity contribution in [1.82, 2.24) is 10.6 Å². The molecule has 154 valence electrons. The van der Waals surface area contributed by atoms with E-state index < -0.39 is 24.0 Å². The normalized spacial score (nSPS) is 17.0. The maximum Gasteiger partial charge on any atom is 0.326 e. The summed E-state index contributed by atoms with van der Waals surface area (Å²) >= 11 is 0. The minimum Gasteiger partial charge on any atom is -0.480 e. The molecule has 6 heteroatoms. The van der Waals surface area contributed by atoms with Crippen LogP contribution in [0, 0.1) is 11.8 Å². The van der Waals surface area contributed by atoms with Crippen molar-refractivity contribution >= 4 is 17.8 Å². The Hall–Kier alpha value is -2.37. The Morgan fingerprint density at radius 3 is 2.21 bits per heavy atom. The van der Waals surface area contributed by atoms with Crippen LogP contribution in [0.4, 0.5) is 0 Å². The van der Waals surface area contributed by atoms with Gasteiger partial charge in [0.05, 0.1) is 0 Å². The number of aliphatic carboxylic acids is 1. The smallest absolute Gasteiger partial charge is 0.326 e. The molecule has 2 amide bonds. The van der Waals surface area contributed by atoms with Gasteiger partial charge in [0.15, 0.2) is 0 Å². The summed E-state index contributed by atoms with van der Waals surface area (Å²) in [6.45, 7) is 3.96. The van der Waals surface area contributed by atoms with Gasteiger partial charge in [-0.05, 0) is 30.7 Å². The lowest BCUT2D eigenvalue weighted by Gasteiger charge is -2.26. The van der Waals surface area contributed by atoms with E-state index in [9.17, 15) is 19.5 Å². The molecular formula is C22H32N2O4. The van der Waals surface area contributed by atoms with Gasteiger partial charge in [0.25, 0.3) is 0 Å². The molecule has 1 aliphatic rings. The van der Waals surface area contributed by atoms with Gasteiger partial charge in [-0.1, -0.05) is 63.4 Å². The Morgan fingerprint density at radius 1 is 1.00 bits per heavy atom. The monoisotopic (exact) mass is 388 g/mol. The molecule has 0 aromatic heterocycles. The summed E-state index contributed by atoms with van der Waals surface area (Å²) in [7, 11) is 0. The van der Waals surface area contributed by atoms with Gasteiger partial charge in [-0.2, -0.15) is 0 Å². The van der Waals surface area contributed by atoms with Crippen LogP contribution in [-0.4, -0.2) is 35.0 Å². The molecule has 1 aromatic carbocycles. The molecule has 0 bridgehead atoms. The molecule has 2 rings (SSSR count). The van der Waals surface area contributed by atoms with E-state index in [-0.39, 0.29) is 24.2 Å². The quantitative estimate of drug-likeness (QED) is 0.606. The summed E-state index contributed by atoms with van der Waals surface area (Å²) in [5.41, 5.74) is 0.835. The second-order valence-corrected chi connectivity index (χ2v) is 8.11. The van der Waals surface area contributed by atoms with Crippen molar-refractivity contribution in [2.24, 2.45) is 11.8 Å². The number of amides is 2. The molecule has 0 aliphatic heterocycles. The molecule has 2 atom stereocenters. The van der Waals surface area contributed by atoms with E-state index >= 15 is 0 Å². The average molecular weight is 389 g/mol. The van der Waals surface area contributed by atoms with Crippen LogP contribution in [0.25, 0.3) is 0 Å². The van der Waals surface area contributed by atoms with Gasteiger partial charge < -0.3 is 15.7 Å². The van der Waals surface area contributed by atoms with Gasteiger partial charge in [-0.15, -0.1) is 0 Å². The SMILES string of the molecule is CC(C)CC(NC(=O)C1CCCCC1)C(=O)NC(Cc1ccccc1)C(=O)O. The molecule has 0 saturated heterocycles. The maximum absolute atomic E-state index is 12.8. The van der Waals surface area contributed by atoms with Crippen LogP contribution in [0.3, 0.4) is 0 Å². The number of nitrogens with one attached hydrogen (secondary N) is 2. The van der Waals surface area contributed by atoms with Crippen LogP contribution in [-0.2, 0) is 20.8 Å². The van der Waals surface area contributed by atoms with Crippen molar-refractivity contribution in [3.63, 3.8) is 0 Å². The average Bonchev–Trinajstić information content (AvgIpc) is 2.68. The summed E-state index contributed by atoms with van der Waals surface area (Å²) in [5.74, 6) is -1.45. The van der Waals surface area contributed by atoms with E-state index in [1.54, 1.807) is 0 Å². The fourth-order valence-electron chi connectivity index (χ4n) is 3.68. The van der Waals surface area contributed by atoms with Gasteiger partial charge in [0.2, 0.25) is 11.8 Å². The molecule has 0 heterocycles. The van der Waals surface area contributed by atoms with E-state index in [1.165, 1.54) is 0 Å². The fraction of sp³-hybridized carbons (Fsp3) is 0.591. The first kappa shape index (κ1) is 21.9. The summed E-state index contributed by atoms with van der Waals surface area (Å²) in [6.07, 6.45) is 5.62. The number of carbonyl (C=O) groups excluding carboxylic acids is 2. The van der Waals surface area contributed by atoms with Crippen molar-refractivity contribution in [2.45, 2.75) is 70.9 Å². The lowest BCUT2D eigenvalue weighted by atomic mass is 9.88. The first-order valence-corrected chi connectivity index (χ1v) is 10.2. The summed E-state index contributed by atoms with van der Waals surface area (Å²) < 4.78 is 0. The number of carboxylic acid groups (broad SMARTS) is 1. The Morgan fingerprint density at radius 2 is 1.64 bits per heavy atom. The van der Waals surface area contributed by atoms with Crippen molar-refractivity contribution in [1.29, 1.82) is 0 Å². The highest BCUT2D eigenvalue weighted by Crippen LogP contribution is 2.24.